The molecule has 0 bridgehead atoms. The van der Waals surface area contributed by atoms with Crippen molar-refractivity contribution < 1.29 is 19.4 Å². The second-order valence-electron chi connectivity index (χ2n) is 5.36. The first kappa shape index (κ1) is 13.5. The Morgan fingerprint density at radius 1 is 1.43 bits per heavy atom. The molecule has 0 aliphatic heterocycles. The van der Waals surface area contributed by atoms with E-state index in [0.29, 0.717) is 6.42 Å². The summed E-state index contributed by atoms with van der Waals surface area (Å²) in [6, 6.07) is 7.81. The fourth-order valence-electron chi connectivity index (χ4n) is 2.95. The van der Waals surface area contributed by atoms with Crippen LogP contribution in [0.2, 0.25) is 0 Å². The van der Waals surface area contributed by atoms with E-state index in [2.05, 4.69) is 10.1 Å². The number of alkyl carbamates (subject to hydrolysis) is 1. The van der Waals surface area contributed by atoms with Crippen molar-refractivity contribution in [3.63, 3.8) is 0 Å². The van der Waals surface area contributed by atoms with Gasteiger partial charge >= 0.3 is 12.1 Å². The molecule has 1 heterocycles. The van der Waals surface area contributed by atoms with Crippen molar-refractivity contribution >= 4 is 23.0 Å². The van der Waals surface area contributed by atoms with Gasteiger partial charge in [0.05, 0.1) is 7.11 Å². The van der Waals surface area contributed by atoms with Crippen LogP contribution in [0.25, 0.3) is 10.9 Å². The Labute approximate surface area is 121 Å². The lowest BCUT2D eigenvalue weighted by atomic mass is 10.1. The van der Waals surface area contributed by atoms with E-state index >= 15 is 0 Å². The van der Waals surface area contributed by atoms with Crippen LogP contribution in [-0.4, -0.2) is 34.4 Å². The molecule has 2 atom stereocenters. The van der Waals surface area contributed by atoms with E-state index in [0.717, 1.165) is 16.5 Å². The van der Waals surface area contributed by atoms with Crippen molar-refractivity contribution in [3.8, 4) is 0 Å². The zero-order valence-electron chi connectivity index (χ0n) is 11.8. The van der Waals surface area contributed by atoms with Crippen molar-refractivity contribution in [1.29, 1.82) is 0 Å². The summed E-state index contributed by atoms with van der Waals surface area (Å²) in [5.74, 6) is -1.29. The average Bonchev–Trinajstić information content (AvgIpc) is 3.10. The number of aromatic nitrogens is 1. The minimum Gasteiger partial charge on any atom is -0.479 e. The summed E-state index contributed by atoms with van der Waals surface area (Å²) in [6.45, 7) is 0. The standard InChI is InChI=1S/C15H16N2O4/c1-17-8-10(9-5-3-4-6-12(9)17)11-7-15(11,13(18)19)16-14(20)21-2/h3-6,8,11H,7H2,1-2H3,(H,16,20)(H,18,19)/t11-,15+/m0/s1. The number of hydrogen-bond acceptors (Lipinski definition) is 3. The first-order valence-electron chi connectivity index (χ1n) is 6.63. The van der Waals surface area contributed by atoms with E-state index in [-0.39, 0.29) is 5.92 Å². The third-order valence-electron chi connectivity index (χ3n) is 4.16. The maximum absolute atomic E-state index is 11.6. The highest BCUT2D eigenvalue weighted by Crippen LogP contribution is 2.53. The number of carboxylic acid groups (broad SMARTS) is 1. The molecule has 3 rings (SSSR count). The van der Waals surface area contributed by atoms with Gasteiger partial charge in [-0.15, -0.1) is 0 Å². The summed E-state index contributed by atoms with van der Waals surface area (Å²) >= 11 is 0. The zero-order valence-corrected chi connectivity index (χ0v) is 11.8. The number of nitrogens with one attached hydrogen (secondary N) is 1. The first-order valence-corrected chi connectivity index (χ1v) is 6.63. The highest BCUT2D eigenvalue weighted by Gasteiger charge is 2.63. The number of methoxy groups -OCH3 is 1. The molecule has 0 radical (unpaired) electrons. The van der Waals surface area contributed by atoms with Crippen molar-refractivity contribution in [2.45, 2.75) is 17.9 Å². The van der Waals surface area contributed by atoms with E-state index < -0.39 is 17.6 Å². The number of hydrogen-bond donors (Lipinski definition) is 2. The number of carbonyl (C=O) groups is 2. The molecule has 0 saturated heterocycles. The van der Waals surface area contributed by atoms with Crippen LogP contribution < -0.4 is 5.32 Å². The van der Waals surface area contributed by atoms with Crippen LogP contribution in [0.1, 0.15) is 17.9 Å². The molecule has 1 aromatic carbocycles. The predicted molar refractivity (Wildman–Crippen MR) is 76.2 cm³/mol. The van der Waals surface area contributed by atoms with Crippen molar-refractivity contribution in [2.75, 3.05) is 7.11 Å². The number of fused-ring (bicyclic) bond motifs is 1. The molecule has 6 nitrogen and oxygen atoms in total. The van der Waals surface area contributed by atoms with Gasteiger partial charge in [0.2, 0.25) is 0 Å². The predicted octanol–water partition coefficient (Wildman–Crippen LogP) is 1.84. The summed E-state index contributed by atoms with van der Waals surface area (Å²) in [6.07, 6.45) is 1.57. The van der Waals surface area contributed by atoms with Crippen LogP contribution in [0.4, 0.5) is 4.79 Å². The molecule has 1 aliphatic carbocycles. The lowest BCUT2D eigenvalue weighted by Gasteiger charge is -2.13. The monoisotopic (exact) mass is 288 g/mol. The molecule has 110 valence electrons. The fraction of sp³-hybridized carbons (Fsp3) is 0.333. The number of carboxylic acids is 1. The third kappa shape index (κ3) is 1.94. The van der Waals surface area contributed by atoms with E-state index in [4.69, 9.17) is 0 Å². The van der Waals surface area contributed by atoms with Gasteiger partial charge in [0.15, 0.2) is 0 Å². The Kier molecular flexibility index (Phi) is 2.90. The van der Waals surface area contributed by atoms with Gasteiger partial charge in [-0.25, -0.2) is 9.59 Å². The minimum absolute atomic E-state index is 0.250. The highest BCUT2D eigenvalue weighted by atomic mass is 16.5. The van der Waals surface area contributed by atoms with Gasteiger partial charge in [-0.1, -0.05) is 18.2 Å². The molecule has 1 aromatic heterocycles. The number of rotatable bonds is 3. The number of ether oxygens (including phenoxy) is 1. The summed E-state index contributed by atoms with van der Waals surface area (Å²) in [4.78, 5) is 23.0. The normalized spacial score (nSPS) is 23.8. The number of nitrogens with zero attached hydrogens (tertiary/aromatic N) is 1. The fourth-order valence-corrected chi connectivity index (χ4v) is 2.95. The molecule has 1 aliphatic rings. The Balaban J connectivity index is 2.01. The SMILES string of the molecule is COC(=O)N[C@]1(C(=O)O)C[C@H]1c1cn(C)c2ccccc12. The molecule has 2 N–H and O–H groups in total. The summed E-state index contributed by atoms with van der Waals surface area (Å²) < 4.78 is 6.50. The van der Waals surface area contributed by atoms with Gasteiger partial charge in [0, 0.05) is 30.1 Å². The van der Waals surface area contributed by atoms with Crippen molar-refractivity contribution in [1.82, 2.24) is 9.88 Å². The van der Waals surface area contributed by atoms with Crippen LogP contribution in [0.15, 0.2) is 30.5 Å². The van der Waals surface area contributed by atoms with Gasteiger partial charge in [0.1, 0.15) is 5.54 Å². The quantitative estimate of drug-likeness (QED) is 0.903. The number of carbonyl (C=O) groups excluding carboxylic acids is 1. The Morgan fingerprint density at radius 2 is 2.14 bits per heavy atom. The van der Waals surface area contributed by atoms with E-state index in [1.54, 1.807) is 0 Å². The van der Waals surface area contributed by atoms with Gasteiger partial charge in [-0.3, -0.25) is 0 Å². The molecule has 21 heavy (non-hydrogen) atoms. The molecule has 6 heteroatoms. The molecule has 1 fully saturated rings. The molecular weight excluding hydrogens is 272 g/mol. The number of aryl methyl sites for hydroxylation is 1. The van der Waals surface area contributed by atoms with E-state index in [9.17, 15) is 14.7 Å². The van der Waals surface area contributed by atoms with Crippen LogP contribution in [0.5, 0.6) is 0 Å². The van der Waals surface area contributed by atoms with E-state index in [1.807, 2.05) is 42.1 Å². The Bertz CT molecular complexity index is 736. The summed E-state index contributed by atoms with van der Waals surface area (Å²) in [5, 5.41) is 13.0. The van der Waals surface area contributed by atoms with Crippen LogP contribution in [0.3, 0.4) is 0 Å². The van der Waals surface area contributed by atoms with Crippen LogP contribution in [-0.2, 0) is 16.6 Å². The van der Waals surface area contributed by atoms with Crippen molar-refractivity contribution in [2.24, 2.45) is 7.05 Å². The summed E-state index contributed by atoms with van der Waals surface area (Å²) in [7, 11) is 3.14. The van der Waals surface area contributed by atoms with Crippen LogP contribution >= 0.6 is 0 Å². The maximum Gasteiger partial charge on any atom is 0.407 e. The smallest absolute Gasteiger partial charge is 0.407 e. The number of amides is 1. The molecule has 1 amide bonds. The lowest BCUT2D eigenvalue weighted by molar-refractivity contribution is -0.140. The lowest BCUT2D eigenvalue weighted by Crippen LogP contribution is -2.44. The molecule has 0 spiro atoms. The van der Waals surface area contributed by atoms with Gasteiger partial charge in [-0.2, -0.15) is 0 Å². The maximum atomic E-state index is 11.6. The number of aliphatic carboxylic acids is 1. The number of benzene rings is 1. The molecule has 1 saturated carbocycles. The second kappa shape index (κ2) is 4.51. The highest BCUT2D eigenvalue weighted by molar-refractivity contribution is 5.93. The minimum atomic E-state index is -1.27. The number of para-hydroxylation sites is 1. The second-order valence-corrected chi connectivity index (χ2v) is 5.36. The summed E-state index contributed by atoms with van der Waals surface area (Å²) in [5.41, 5.74) is 0.709. The largest absolute Gasteiger partial charge is 0.479 e. The van der Waals surface area contributed by atoms with Gasteiger partial charge in [0.25, 0.3) is 0 Å². The van der Waals surface area contributed by atoms with Crippen LogP contribution in [0, 0.1) is 0 Å². The Hall–Kier alpha value is -2.50. The third-order valence-corrected chi connectivity index (χ3v) is 4.16. The zero-order chi connectivity index (χ0) is 15.2. The average molecular weight is 288 g/mol. The van der Waals surface area contributed by atoms with E-state index in [1.165, 1.54) is 7.11 Å². The first-order chi connectivity index (χ1) is 9.99. The molecule has 2 aromatic rings. The van der Waals surface area contributed by atoms with Gasteiger partial charge < -0.3 is 19.7 Å². The molecular formula is C15H16N2O4. The Morgan fingerprint density at radius 3 is 2.81 bits per heavy atom. The topological polar surface area (TPSA) is 80.6 Å². The molecule has 0 unspecified atom stereocenters. The van der Waals surface area contributed by atoms with Gasteiger partial charge in [-0.05, 0) is 18.1 Å². The van der Waals surface area contributed by atoms with Crippen molar-refractivity contribution in [3.05, 3.63) is 36.0 Å².